The molecule has 0 amide bonds. The highest BCUT2D eigenvalue weighted by molar-refractivity contribution is 5.94. The third-order valence-electron chi connectivity index (χ3n) is 4.79. The van der Waals surface area contributed by atoms with Gasteiger partial charge in [-0.05, 0) is 42.2 Å². The Morgan fingerprint density at radius 1 is 1.15 bits per heavy atom. The van der Waals surface area contributed by atoms with Crippen LogP contribution in [0.2, 0.25) is 0 Å². The fraction of sp³-hybridized carbons (Fsp3) is 0.316. The van der Waals surface area contributed by atoms with Gasteiger partial charge in [-0.2, -0.15) is 0 Å². The highest BCUT2D eigenvalue weighted by Gasteiger charge is 2.46. The molecule has 0 heterocycles. The van der Waals surface area contributed by atoms with E-state index < -0.39 is 0 Å². The van der Waals surface area contributed by atoms with Gasteiger partial charge in [0.2, 0.25) is 0 Å². The molecule has 102 valence electrons. The Bertz CT molecular complexity index is 567. The Morgan fingerprint density at radius 3 is 2.60 bits per heavy atom. The monoisotopic (exact) mass is 264 g/mol. The molecule has 1 fully saturated rings. The van der Waals surface area contributed by atoms with Gasteiger partial charge in [-0.3, -0.25) is 4.79 Å². The summed E-state index contributed by atoms with van der Waals surface area (Å²) in [5, 5.41) is 0. The van der Waals surface area contributed by atoms with Crippen molar-refractivity contribution >= 4 is 5.78 Å². The van der Waals surface area contributed by atoms with Crippen LogP contribution in [0.5, 0.6) is 0 Å². The summed E-state index contributed by atoms with van der Waals surface area (Å²) in [4.78, 5) is 12.3. The van der Waals surface area contributed by atoms with Crippen molar-refractivity contribution in [2.75, 3.05) is 0 Å². The first-order chi connectivity index (χ1) is 9.70. The zero-order valence-electron chi connectivity index (χ0n) is 11.7. The van der Waals surface area contributed by atoms with E-state index in [1.165, 1.54) is 5.56 Å². The van der Waals surface area contributed by atoms with Crippen LogP contribution >= 0.6 is 0 Å². The van der Waals surface area contributed by atoms with Crippen LogP contribution in [0.4, 0.5) is 0 Å². The number of ketones is 1. The summed E-state index contributed by atoms with van der Waals surface area (Å²) in [5.74, 6) is 1.41. The predicted octanol–water partition coefficient (Wildman–Crippen LogP) is 3.98. The molecule has 2 aliphatic rings. The van der Waals surface area contributed by atoms with E-state index in [9.17, 15) is 4.79 Å². The maximum Gasteiger partial charge on any atom is 0.159 e. The second kappa shape index (κ2) is 5.24. The zero-order chi connectivity index (χ0) is 14.1. The van der Waals surface area contributed by atoms with Gasteiger partial charge in [0.15, 0.2) is 5.78 Å². The Labute approximate surface area is 120 Å². The molecule has 0 radical (unpaired) electrons. The van der Waals surface area contributed by atoms with E-state index in [-0.39, 0.29) is 17.6 Å². The van der Waals surface area contributed by atoms with Crippen molar-refractivity contribution < 1.29 is 4.79 Å². The van der Waals surface area contributed by atoms with Crippen molar-refractivity contribution in [1.29, 1.82) is 0 Å². The lowest BCUT2D eigenvalue weighted by atomic mass is 9.75. The van der Waals surface area contributed by atoms with E-state index in [0.717, 1.165) is 18.4 Å². The summed E-state index contributed by atoms with van der Waals surface area (Å²) in [6.45, 7) is 8.10. The highest BCUT2D eigenvalue weighted by atomic mass is 16.1. The average molecular weight is 264 g/mol. The van der Waals surface area contributed by atoms with Crippen molar-refractivity contribution in [3.8, 4) is 0 Å². The molecular formula is C19H20O. The van der Waals surface area contributed by atoms with Crippen molar-refractivity contribution in [3.05, 3.63) is 72.9 Å². The fourth-order valence-electron chi connectivity index (χ4n) is 3.90. The van der Waals surface area contributed by atoms with Crippen LogP contribution in [0.1, 0.15) is 12.0 Å². The predicted molar refractivity (Wildman–Crippen MR) is 82.2 cm³/mol. The smallest absolute Gasteiger partial charge is 0.159 e. The quantitative estimate of drug-likeness (QED) is 0.755. The number of hydrogen-bond donors (Lipinski definition) is 0. The van der Waals surface area contributed by atoms with Crippen LogP contribution in [0, 0.1) is 23.7 Å². The Balaban J connectivity index is 1.89. The largest absolute Gasteiger partial charge is 0.295 e. The molecular weight excluding hydrogens is 244 g/mol. The standard InChI is InChI=1S/C19H20O/c1-3-15-12-16(11-14-7-5-4-6-8-14)19-17(20)10-9-13(2)18(15)19/h3-10,15-16,18-19H,1-2,11-12H2/t15-,16-,18+,19+/m1/s1. The highest BCUT2D eigenvalue weighted by Crippen LogP contribution is 2.49. The van der Waals surface area contributed by atoms with E-state index in [2.05, 4.69) is 37.4 Å². The summed E-state index contributed by atoms with van der Waals surface area (Å²) in [7, 11) is 0. The second-order valence-corrected chi connectivity index (χ2v) is 5.95. The minimum atomic E-state index is 0.0932. The molecule has 1 heteroatoms. The number of fused-ring (bicyclic) bond motifs is 1. The third kappa shape index (κ3) is 2.18. The van der Waals surface area contributed by atoms with Crippen LogP contribution in [0.15, 0.2) is 67.3 Å². The van der Waals surface area contributed by atoms with Crippen molar-refractivity contribution in [2.45, 2.75) is 12.8 Å². The van der Waals surface area contributed by atoms with Crippen molar-refractivity contribution in [3.63, 3.8) is 0 Å². The second-order valence-electron chi connectivity index (χ2n) is 5.95. The van der Waals surface area contributed by atoms with E-state index in [0.29, 0.717) is 11.8 Å². The van der Waals surface area contributed by atoms with Crippen molar-refractivity contribution in [2.24, 2.45) is 23.7 Å². The molecule has 3 rings (SSSR count). The molecule has 2 aliphatic carbocycles. The molecule has 1 saturated carbocycles. The lowest BCUT2D eigenvalue weighted by molar-refractivity contribution is -0.120. The van der Waals surface area contributed by atoms with Crippen LogP contribution in [0.3, 0.4) is 0 Å². The molecule has 0 aliphatic heterocycles. The number of allylic oxidation sites excluding steroid dienone is 4. The molecule has 20 heavy (non-hydrogen) atoms. The van der Waals surface area contributed by atoms with E-state index in [1.807, 2.05) is 18.2 Å². The number of rotatable bonds is 3. The molecule has 0 bridgehead atoms. The number of hydrogen-bond acceptors (Lipinski definition) is 1. The normalized spacial score (nSPS) is 32.2. The molecule has 1 aromatic carbocycles. The Kier molecular flexibility index (Phi) is 3.43. The SMILES string of the molecule is C=C[C@@H]1C[C@@H](Cc2ccccc2)[C@H]2C(=O)C=CC(=C)[C@H]21. The molecule has 0 aromatic heterocycles. The van der Waals surface area contributed by atoms with Crippen LogP contribution in [-0.4, -0.2) is 5.78 Å². The first-order valence-electron chi connectivity index (χ1n) is 7.28. The Morgan fingerprint density at radius 2 is 1.90 bits per heavy atom. The van der Waals surface area contributed by atoms with E-state index >= 15 is 0 Å². The lowest BCUT2D eigenvalue weighted by Crippen LogP contribution is -2.29. The minimum Gasteiger partial charge on any atom is -0.295 e. The van der Waals surface area contributed by atoms with Gasteiger partial charge in [-0.1, -0.05) is 54.6 Å². The average Bonchev–Trinajstić information content (AvgIpc) is 2.84. The van der Waals surface area contributed by atoms with Gasteiger partial charge in [-0.15, -0.1) is 6.58 Å². The number of benzene rings is 1. The summed E-state index contributed by atoms with van der Waals surface area (Å²) in [6.07, 6.45) is 7.64. The van der Waals surface area contributed by atoms with Gasteiger partial charge in [0, 0.05) is 5.92 Å². The first-order valence-corrected chi connectivity index (χ1v) is 7.28. The number of carbonyl (C=O) groups excluding carboxylic acids is 1. The summed E-state index contributed by atoms with van der Waals surface area (Å²) >= 11 is 0. The maximum absolute atomic E-state index is 12.3. The fourth-order valence-corrected chi connectivity index (χ4v) is 3.90. The van der Waals surface area contributed by atoms with Gasteiger partial charge >= 0.3 is 0 Å². The zero-order valence-corrected chi connectivity index (χ0v) is 11.7. The van der Waals surface area contributed by atoms with Gasteiger partial charge in [-0.25, -0.2) is 0 Å². The number of carbonyl (C=O) groups is 1. The molecule has 4 atom stereocenters. The van der Waals surface area contributed by atoms with Gasteiger partial charge < -0.3 is 0 Å². The lowest BCUT2D eigenvalue weighted by Gasteiger charge is -2.28. The molecule has 0 N–H and O–H groups in total. The summed E-state index contributed by atoms with van der Waals surface area (Å²) in [5.41, 5.74) is 2.41. The summed E-state index contributed by atoms with van der Waals surface area (Å²) < 4.78 is 0. The molecule has 0 unspecified atom stereocenters. The first kappa shape index (κ1) is 13.1. The van der Waals surface area contributed by atoms with E-state index in [1.54, 1.807) is 6.08 Å². The third-order valence-corrected chi connectivity index (χ3v) is 4.79. The van der Waals surface area contributed by atoms with Crippen molar-refractivity contribution in [1.82, 2.24) is 0 Å². The summed E-state index contributed by atoms with van der Waals surface area (Å²) in [6, 6.07) is 10.5. The molecule has 1 nitrogen and oxygen atoms in total. The van der Waals surface area contributed by atoms with Gasteiger partial charge in [0.05, 0.1) is 0 Å². The molecule has 1 aromatic rings. The molecule has 0 saturated heterocycles. The Hall–Kier alpha value is -1.89. The minimum absolute atomic E-state index is 0.0932. The van der Waals surface area contributed by atoms with E-state index in [4.69, 9.17) is 0 Å². The van der Waals surface area contributed by atoms with Crippen LogP contribution in [0.25, 0.3) is 0 Å². The van der Waals surface area contributed by atoms with Gasteiger partial charge in [0.1, 0.15) is 0 Å². The topological polar surface area (TPSA) is 17.1 Å². The van der Waals surface area contributed by atoms with Gasteiger partial charge in [0.25, 0.3) is 0 Å². The van der Waals surface area contributed by atoms with Crippen LogP contribution in [-0.2, 0) is 11.2 Å². The van der Waals surface area contributed by atoms with Crippen LogP contribution < -0.4 is 0 Å². The maximum atomic E-state index is 12.3. The molecule has 0 spiro atoms.